The minimum atomic E-state index is -1.05. The number of hydrogen-bond acceptors (Lipinski definition) is 9. The van der Waals surface area contributed by atoms with Crippen LogP contribution in [0.15, 0.2) is 66.7 Å². The molecule has 0 aliphatic carbocycles. The molecule has 1 unspecified atom stereocenters. The molecule has 4 rings (SSSR count). The molecule has 10 heteroatoms. The third-order valence-corrected chi connectivity index (χ3v) is 5.26. The molecule has 2 heterocycles. The number of rotatable bonds is 10. The summed E-state index contributed by atoms with van der Waals surface area (Å²) in [5, 5.41) is 14.4. The van der Waals surface area contributed by atoms with Gasteiger partial charge in [0.2, 0.25) is 11.8 Å². The van der Waals surface area contributed by atoms with Gasteiger partial charge in [0.1, 0.15) is 6.10 Å². The number of hydrogen-bond donors (Lipinski definition) is 1. The molecular weight excluding hydrogens is 424 g/mol. The van der Waals surface area contributed by atoms with Crippen molar-refractivity contribution < 1.29 is 18.9 Å². The van der Waals surface area contributed by atoms with Gasteiger partial charge in [-0.25, -0.2) is 0 Å². The molecule has 0 saturated carbocycles. The zero-order valence-corrected chi connectivity index (χ0v) is 18.5. The first kappa shape index (κ1) is 22.2. The van der Waals surface area contributed by atoms with E-state index in [0.717, 1.165) is 11.1 Å². The summed E-state index contributed by atoms with van der Waals surface area (Å²) in [5.74, 6) is 1.05. The Kier molecular flexibility index (Phi) is 6.75. The van der Waals surface area contributed by atoms with Gasteiger partial charge in [0.15, 0.2) is 11.4 Å². The highest BCUT2D eigenvalue weighted by Crippen LogP contribution is 2.39. The van der Waals surface area contributed by atoms with E-state index in [1.807, 2.05) is 60.7 Å². The molecule has 0 radical (unpaired) electrons. The molecule has 1 atom stereocenters. The number of benzene rings is 2. The molecule has 2 aromatic carbocycles. The first-order valence-corrected chi connectivity index (χ1v) is 10.2. The van der Waals surface area contributed by atoms with E-state index in [0.29, 0.717) is 17.6 Å². The maximum absolute atomic E-state index is 6.41. The van der Waals surface area contributed by atoms with E-state index in [1.165, 1.54) is 14.2 Å². The standard InChI is InChI=1S/C23H24N6O4/c1-30-20-15-21(31-2)25-22(24-20)33-18(14-19-26-28-29-27-19)23(32-3,16-10-6-4-7-11-16)17-12-8-5-9-13-17/h4-13,15,18H,14H2,1-3H3,(H,26,27,28,29). The normalized spacial score (nSPS) is 12.2. The molecule has 0 spiro atoms. The highest BCUT2D eigenvalue weighted by molar-refractivity contribution is 5.39. The predicted molar refractivity (Wildman–Crippen MR) is 118 cm³/mol. The highest BCUT2D eigenvalue weighted by Gasteiger charge is 2.45. The lowest BCUT2D eigenvalue weighted by atomic mass is 9.80. The number of nitrogens with zero attached hydrogens (tertiary/aromatic N) is 5. The number of ether oxygens (including phenoxy) is 4. The monoisotopic (exact) mass is 448 g/mol. The minimum Gasteiger partial charge on any atom is -0.481 e. The fourth-order valence-corrected chi connectivity index (χ4v) is 3.75. The van der Waals surface area contributed by atoms with E-state index in [1.54, 1.807) is 13.2 Å². The SMILES string of the molecule is COc1cc(OC)nc(OC(Cc2nn[nH]n2)C(OC)(c2ccccc2)c2ccccc2)n1. The van der Waals surface area contributed by atoms with Crippen LogP contribution >= 0.6 is 0 Å². The Morgan fingerprint density at radius 2 is 1.42 bits per heavy atom. The highest BCUT2D eigenvalue weighted by atomic mass is 16.6. The van der Waals surface area contributed by atoms with Crippen LogP contribution in [-0.2, 0) is 16.8 Å². The van der Waals surface area contributed by atoms with Gasteiger partial charge in [0, 0.05) is 7.11 Å². The van der Waals surface area contributed by atoms with Gasteiger partial charge in [-0.15, -0.1) is 10.2 Å². The summed E-state index contributed by atoms with van der Waals surface area (Å²) in [6, 6.07) is 21.2. The summed E-state index contributed by atoms with van der Waals surface area (Å²) >= 11 is 0. The van der Waals surface area contributed by atoms with Gasteiger partial charge < -0.3 is 18.9 Å². The molecule has 0 bridgehead atoms. The number of H-pyrrole nitrogens is 1. The van der Waals surface area contributed by atoms with Crippen molar-refractivity contribution in [3.8, 4) is 17.8 Å². The molecule has 0 aliphatic heterocycles. The quantitative estimate of drug-likeness (QED) is 0.390. The summed E-state index contributed by atoms with van der Waals surface area (Å²) in [4.78, 5) is 8.70. The molecule has 0 amide bonds. The van der Waals surface area contributed by atoms with Crippen LogP contribution in [0.25, 0.3) is 0 Å². The van der Waals surface area contributed by atoms with E-state index < -0.39 is 11.7 Å². The van der Waals surface area contributed by atoms with E-state index in [9.17, 15) is 0 Å². The van der Waals surface area contributed by atoms with Crippen molar-refractivity contribution in [3.63, 3.8) is 0 Å². The van der Waals surface area contributed by atoms with Crippen LogP contribution < -0.4 is 14.2 Å². The summed E-state index contributed by atoms with van der Waals surface area (Å²) in [7, 11) is 4.66. The van der Waals surface area contributed by atoms with Crippen LogP contribution in [-0.4, -0.2) is 58.0 Å². The molecule has 0 saturated heterocycles. The van der Waals surface area contributed by atoms with Crippen LogP contribution in [0.1, 0.15) is 17.0 Å². The second-order valence-corrected chi connectivity index (χ2v) is 7.05. The molecule has 33 heavy (non-hydrogen) atoms. The zero-order valence-electron chi connectivity index (χ0n) is 18.5. The molecule has 170 valence electrons. The molecule has 10 nitrogen and oxygen atoms in total. The van der Waals surface area contributed by atoms with Crippen molar-refractivity contribution in [1.29, 1.82) is 0 Å². The first-order chi connectivity index (χ1) is 16.2. The Balaban J connectivity index is 1.88. The van der Waals surface area contributed by atoms with E-state index in [2.05, 4.69) is 30.6 Å². The van der Waals surface area contributed by atoms with Crippen molar-refractivity contribution in [2.75, 3.05) is 21.3 Å². The molecule has 1 N–H and O–H groups in total. The fraction of sp³-hybridized carbons (Fsp3) is 0.261. The number of aromatic amines is 1. The first-order valence-electron chi connectivity index (χ1n) is 10.2. The Morgan fingerprint density at radius 3 is 1.88 bits per heavy atom. The van der Waals surface area contributed by atoms with Crippen molar-refractivity contribution >= 4 is 0 Å². The Morgan fingerprint density at radius 1 is 0.848 bits per heavy atom. The van der Waals surface area contributed by atoms with Crippen LogP contribution in [0.4, 0.5) is 0 Å². The van der Waals surface area contributed by atoms with Crippen molar-refractivity contribution in [2.45, 2.75) is 18.1 Å². The topological polar surface area (TPSA) is 117 Å². The molecule has 2 aromatic heterocycles. The van der Waals surface area contributed by atoms with Gasteiger partial charge >= 0.3 is 6.01 Å². The lowest BCUT2D eigenvalue weighted by Crippen LogP contribution is -2.47. The van der Waals surface area contributed by atoms with Crippen LogP contribution in [0.2, 0.25) is 0 Å². The number of nitrogens with one attached hydrogen (secondary N) is 1. The van der Waals surface area contributed by atoms with Gasteiger partial charge in [-0.05, 0) is 11.1 Å². The summed E-state index contributed by atoms with van der Waals surface area (Å²) < 4.78 is 23.3. The Bertz CT molecular complexity index is 1080. The Labute approximate surface area is 190 Å². The minimum absolute atomic E-state index is 0.0629. The lowest BCUT2D eigenvalue weighted by molar-refractivity contribution is -0.0711. The molecule has 4 aromatic rings. The zero-order chi connectivity index (χ0) is 23.1. The summed E-state index contributed by atoms with van der Waals surface area (Å²) in [6.45, 7) is 0. The maximum atomic E-state index is 6.41. The van der Waals surface area contributed by atoms with Gasteiger partial charge in [0.05, 0.1) is 26.7 Å². The largest absolute Gasteiger partial charge is 0.481 e. The lowest BCUT2D eigenvalue weighted by Gasteiger charge is -2.39. The number of aromatic nitrogens is 6. The second kappa shape index (κ2) is 10.0. The third-order valence-electron chi connectivity index (χ3n) is 5.26. The third kappa shape index (κ3) is 4.60. The van der Waals surface area contributed by atoms with E-state index in [-0.39, 0.29) is 12.4 Å². The van der Waals surface area contributed by atoms with Gasteiger partial charge in [-0.1, -0.05) is 65.9 Å². The van der Waals surface area contributed by atoms with Crippen molar-refractivity contribution in [3.05, 3.63) is 83.7 Å². The second-order valence-electron chi connectivity index (χ2n) is 7.05. The van der Waals surface area contributed by atoms with Gasteiger partial charge in [-0.2, -0.15) is 15.2 Å². The Hall–Kier alpha value is -4.05. The molecular formula is C23H24N6O4. The number of tetrazole rings is 1. The summed E-state index contributed by atoms with van der Waals surface area (Å²) in [6.07, 6.45) is -0.446. The van der Waals surface area contributed by atoms with Crippen LogP contribution in [0, 0.1) is 0 Å². The smallest absolute Gasteiger partial charge is 0.323 e. The van der Waals surface area contributed by atoms with Crippen LogP contribution in [0.5, 0.6) is 17.8 Å². The van der Waals surface area contributed by atoms with Gasteiger partial charge in [-0.3, -0.25) is 0 Å². The number of methoxy groups -OCH3 is 3. The van der Waals surface area contributed by atoms with E-state index in [4.69, 9.17) is 18.9 Å². The van der Waals surface area contributed by atoms with E-state index >= 15 is 0 Å². The predicted octanol–water partition coefficient (Wildman–Crippen LogP) is 2.59. The summed E-state index contributed by atoms with van der Waals surface area (Å²) in [5.41, 5.74) is 0.701. The molecule has 0 fully saturated rings. The fourth-order valence-electron chi connectivity index (χ4n) is 3.75. The van der Waals surface area contributed by atoms with Crippen LogP contribution in [0.3, 0.4) is 0 Å². The maximum Gasteiger partial charge on any atom is 0.323 e. The average Bonchev–Trinajstić information content (AvgIpc) is 3.39. The van der Waals surface area contributed by atoms with Gasteiger partial charge in [0.25, 0.3) is 0 Å². The van der Waals surface area contributed by atoms with Crippen molar-refractivity contribution in [2.24, 2.45) is 0 Å². The van der Waals surface area contributed by atoms with Crippen molar-refractivity contribution in [1.82, 2.24) is 30.6 Å². The average molecular weight is 448 g/mol. The molecule has 0 aliphatic rings.